The van der Waals surface area contributed by atoms with Crippen molar-refractivity contribution in [2.75, 3.05) is 0 Å². The molecule has 0 saturated carbocycles. The van der Waals surface area contributed by atoms with Crippen LogP contribution < -0.4 is 0 Å². The topological polar surface area (TPSA) is 112 Å². The van der Waals surface area contributed by atoms with Gasteiger partial charge in [0.15, 0.2) is 0 Å². The van der Waals surface area contributed by atoms with Gasteiger partial charge in [-0.25, -0.2) is 0 Å². The first-order chi connectivity index (χ1) is 12.0. The maximum atomic E-state index is 3.78. The van der Waals surface area contributed by atoms with Crippen LogP contribution in [0.15, 0.2) is 122 Å². The van der Waals surface area contributed by atoms with Gasteiger partial charge in [0.25, 0.3) is 0 Å². The molecule has 0 atom stereocenters. The molecule has 0 aliphatic rings. The van der Waals surface area contributed by atoms with Gasteiger partial charge in [-0.1, -0.05) is 24.3 Å². The van der Waals surface area contributed by atoms with E-state index in [1.807, 2.05) is 72.8 Å². The molecule has 144 valence electrons. The summed E-state index contributed by atoms with van der Waals surface area (Å²) >= 11 is 0. The second-order valence-electron chi connectivity index (χ2n) is 4.10. The van der Waals surface area contributed by atoms with E-state index in [1.165, 1.54) is 0 Å². The van der Waals surface area contributed by atoms with Gasteiger partial charge in [0, 0.05) is 49.6 Å². The fourth-order valence-electron chi connectivity index (χ4n) is 1.25. The van der Waals surface area contributed by atoms with Crippen LogP contribution in [0.25, 0.3) is 0 Å². The zero-order valence-corrected chi connectivity index (χ0v) is 15.5. The van der Waals surface area contributed by atoms with E-state index in [2.05, 4.69) is 19.9 Å². The third-order valence-corrected chi connectivity index (χ3v) is 2.27. The van der Waals surface area contributed by atoms with Crippen molar-refractivity contribution in [3.63, 3.8) is 0 Å². The summed E-state index contributed by atoms with van der Waals surface area (Å²) in [4.78, 5) is 15.1. The number of aromatic nitrogens is 4. The van der Waals surface area contributed by atoms with Gasteiger partial charge in [0.1, 0.15) is 0 Å². The maximum Gasteiger partial charge on any atom is 2.00 e. The molecule has 7 heteroatoms. The van der Waals surface area contributed by atoms with E-state index in [9.17, 15) is 0 Å². The third kappa shape index (κ3) is 23.0. The normalized spacial score (nSPS) is 7.11. The number of nitrogens with zero attached hydrogens (tertiary/aromatic N) is 4. The molecule has 6 nitrogen and oxygen atoms in total. The van der Waals surface area contributed by atoms with Crippen molar-refractivity contribution in [1.29, 1.82) is 0 Å². The maximum absolute atomic E-state index is 3.78. The van der Waals surface area contributed by atoms with Crippen LogP contribution in [-0.4, -0.2) is 30.9 Å². The van der Waals surface area contributed by atoms with E-state index in [1.54, 1.807) is 49.6 Å². The molecule has 4 aromatic heterocycles. The van der Waals surface area contributed by atoms with Crippen molar-refractivity contribution < 1.29 is 27.4 Å². The molecule has 27 heavy (non-hydrogen) atoms. The van der Waals surface area contributed by atoms with E-state index in [-0.39, 0.29) is 27.4 Å². The van der Waals surface area contributed by atoms with Crippen LogP contribution in [0.1, 0.15) is 0 Å². The van der Waals surface area contributed by atoms with Gasteiger partial charge in [-0.2, -0.15) is 0 Å². The van der Waals surface area contributed by atoms with E-state index in [0.29, 0.717) is 0 Å². The Kier molecular flexibility index (Phi) is 26.9. The molecule has 0 amide bonds. The van der Waals surface area contributed by atoms with Crippen LogP contribution in [0.3, 0.4) is 0 Å². The van der Waals surface area contributed by atoms with Crippen LogP contribution in [0.5, 0.6) is 0 Å². The minimum Gasteiger partial charge on any atom is -0.870 e. The average Bonchev–Trinajstić information content (AvgIpc) is 2.75. The molecular weight excluding hydrogens is 387 g/mol. The van der Waals surface area contributed by atoms with Crippen LogP contribution >= 0.6 is 0 Å². The summed E-state index contributed by atoms with van der Waals surface area (Å²) in [6.07, 6.45) is 14.0. The Morgan fingerprint density at radius 3 is 0.444 bits per heavy atom. The molecule has 0 unspecified atom stereocenters. The van der Waals surface area contributed by atoms with Crippen LogP contribution in [0.4, 0.5) is 0 Å². The Morgan fingerprint density at radius 1 is 0.259 bits per heavy atom. The van der Waals surface area contributed by atoms with Gasteiger partial charge in [-0.15, -0.1) is 0 Å². The Labute approximate surface area is 170 Å². The van der Waals surface area contributed by atoms with Crippen LogP contribution in [0, 0.1) is 0 Å². The summed E-state index contributed by atoms with van der Waals surface area (Å²) in [6.45, 7) is 0. The summed E-state index contributed by atoms with van der Waals surface area (Å²) in [5, 5.41) is 0. The standard InChI is InChI=1S/4C5H5N.Ni.2H2O/c4*1-2-4-6-5-3-1;;;/h4*1-5H;;2*1H2/q;;;;+2;;/p-2. The first-order valence-corrected chi connectivity index (χ1v) is 7.40. The molecule has 0 aliphatic carbocycles. The van der Waals surface area contributed by atoms with Gasteiger partial charge >= 0.3 is 16.5 Å². The third-order valence-electron chi connectivity index (χ3n) is 2.27. The summed E-state index contributed by atoms with van der Waals surface area (Å²) in [5.74, 6) is 0. The molecule has 0 radical (unpaired) electrons. The Morgan fingerprint density at radius 2 is 0.407 bits per heavy atom. The van der Waals surface area contributed by atoms with Crippen molar-refractivity contribution in [2.24, 2.45) is 0 Å². The molecule has 2 N–H and O–H groups in total. The molecule has 0 aromatic carbocycles. The zero-order chi connectivity index (χ0) is 17.0. The van der Waals surface area contributed by atoms with E-state index in [4.69, 9.17) is 0 Å². The molecule has 4 aromatic rings. The van der Waals surface area contributed by atoms with E-state index in [0.717, 1.165) is 0 Å². The van der Waals surface area contributed by atoms with Crippen molar-refractivity contribution in [3.8, 4) is 0 Å². The SMILES string of the molecule is [Ni+2].[OH-].[OH-].c1ccncc1.c1ccncc1.c1ccncc1.c1ccncc1. The van der Waals surface area contributed by atoms with E-state index >= 15 is 0 Å². The average molecular weight is 409 g/mol. The second-order valence-corrected chi connectivity index (χ2v) is 4.10. The van der Waals surface area contributed by atoms with Crippen LogP contribution in [-0.2, 0) is 16.5 Å². The van der Waals surface area contributed by atoms with Crippen LogP contribution in [0.2, 0.25) is 0 Å². The predicted octanol–water partition coefficient (Wildman–Crippen LogP) is 3.97. The smallest absolute Gasteiger partial charge is 0.870 e. The van der Waals surface area contributed by atoms with Gasteiger partial charge < -0.3 is 11.0 Å². The summed E-state index contributed by atoms with van der Waals surface area (Å²) in [7, 11) is 0. The molecule has 0 spiro atoms. The van der Waals surface area contributed by atoms with Gasteiger partial charge in [0.05, 0.1) is 0 Å². The van der Waals surface area contributed by atoms with Gasteiger partial charge in [0.2, 0.25) is 0 Å². The Hall–Kier alpha value is -2.99. The summed E-state index contributed by atoms with van der Waals surface area (Å²) in [5.41, 5.74) is 0. The molecule has 0 saturated heterocycles. The molecular formula is C20H22N4NiO2. The molecule has 4 rings (SSSR count). The summed E-state index contributed by atoms with van der Waals surface area (Å²) in [6, 6.07) is 22.9. The predicted molar refractivity (Wildman–Crippen MR) is 101 cm³/mol. The van der Waals surface area contributed by atoms with Crippen molar-refractivity contribution in [2.45, 2.75) is 0 Å². The van der Waals surface area contributed by atoms with Crippen molar-refractivity contribution in [1.82, 2.24) is 19.9 Å². The molecule has 4 heterocycles. The van der Waals surface area contributed by atoms with E-state index < -0.39 is 0 Å². The van der Waals surface area contributed by atoms with Gasteiger partial charge in [-0.3, -0.25) is 19.9 Å². The number of pyridine rings is 4. The van der Waals surface area contributed by atoms with Crippen molar-refractivity contribution in [3.05, 3.63) is 122 Å². The number of hydrogen-bond donors (Lipinski definition) is 0. The van der Waals surface area contributed by atoms with Gasteiger partial charge in [-0.05, 0) is 48.5 Å². The molecule has 0 bridgehead atoms. The Balaban J connectivity index is -0.000000274. The fraction of sp³-hybridized carbons (Fsp3) is 0. The fourth-order valence-corrected chi connectivity index (χ4v) is 1.25. The van der Waals surface area contributed by atoms with Crippen molar-refractivity contribution >= 4 is 0 Å². The quantitative estimate of drug-likeness (QED) is 0.407. The summed E-state index contributed by atoms with van der Waals surface area (Å²) < 4.78 is 0. The zero-order valence-electron chi connectivity index (χ0n) is 14.5. The molecule has 0 aliphatic heterocycles. The second kappa shape index (κ2) is 25.3. The first kappa shape index (κ1) is 28.8. The minimum absolute atomic E-state index is 0. The molecule has 0 fully saturated rings. The first-order valence-electron chi connectivity index (χ1n) is 7.40. The number of rotatable bonds is 0. The Bertz CT molecular complexity index is 446. The largest absolute Gasteiger partial charge is 2.00 e. The monoisotopic (exact) mass is 408 g/mol. The minimum atomic E-state index is 0. The number of hydrogen-bond acceptors (Lipinski definition) is 6.